The lowest BCUT2D eigenvalue weighted by Gasteiger charge is -2.40. The SMILES string of the molecule is CC[C@H](C)[C@@H]([C@@H](CC(=O)N1CCC[C@H]1[C@H](OC)[C@@H](C)C(=O)C[C@@H](Cc1ccccc1)[P+](=O)O)OC)N(C)C(=O)[C@@H](N)C(C)C. The smallest absolute Gasteiger partial charge is 0.379 e. The molecule has 1 fully saturated rings. The molecule has 1 saturated heterocycles. The Morgan fingerprint density at radius 1 is 1.09 bits per heavy atom. The molecule has 0 aliphatic carbocycles. The van der Waals surface area contributed by atoms with Crippen LogP contribution in [0.3, 0.4) is 0 Å². The van der Waals surface area contributed by atoms with Crippen LogP contribution in [0, 0.1) is 17.8 Å². The molecule has 10 nitrogen and oxygen atoms in total. The number of carbonyl (C=O) groups is 3. The van der Waals surface area contributed by atoms with Crippen molar-refractivity contribution in [2.24, 2.45) is 23.5 Å². The highest BCUT2D eigenvalue weighted by Gasteiger charge is 2.43. The van der Waals surface area contributed by atoms with Crippen molar-refractivity contribution in [3.8, 4) is 0 Å². The third-order valence-electron chi connectivity index (χ3n) is 9.42. The van der Waals surface area contributed by atoms with Gasteiger partial charge in [-0.1, -0.05) is 71.4 Å². The van der Waals surface area contributed by atoms with E-state index in [9.17, 15) is 23.8 Å². The quantitative estimate of drug-likeness (QED) is 0.229. The summed E-state index contributed by atoms with van der Waals surface area (Å²) in [5.41, 5.74) is 6.40. The summed E-state index contributed by atoms with van der Waals surface area (Å²) >= 11 is 0. The lowest BCUT2D eigenvalue weighted by Crippen LogP contribution is -2.56. The number of methoxy groups -OCH3 is 2. The number of benzene rings is 1. The van der Waals surface area contributed by atoms with E-state index in [1.165, 1.54) is 0 Å². The van der Waals surface area contributed by atoms with Crippen LogP contribution in [0.15, 0.2) is 30.3 Å². The first-order valence-corrected chi connectivity index (χ1v) is 17.2. The number of likely N-dealkylation sites (N-methyl/N-ethyl adjacent to an activating group) is 1. The molecule has 3 N–H and O–H groups in total. The zero-order chi connectivity index (χ0) is 33.1. The molecular weight excluding hydrogens is 581 g/mol. The Labute approximate surface area is 264 Å². The minimum atomic E-state index is -2.57. The molecule has 0 bridgehead atoms. The van der Waals surface area contributed by atoms with E-state index in [1.807, 2.05) is 58.0 Å². The second-order valence-corrected chi connectivity index (χ2v) is 14.0. The Kier molecular flexibility index (Phi) is 15.6. The lowest BCUT2D eigenvalue weighted by molar-refractivity contribution is -0.146. The van der Waals surface area contributed by atoms with E-state index in [1.54, 1.807) is 38.0 Å². The van der Waals surface area contributed by atoms with Crippen molar-refractivity contribution >= 4 is 25.6 Å². The summed E-state index contributed by atoms with van der Waals surface area (Å²) in [5.74, 6) is -1.02. The highest BCUT2D eigenvalue weighted by atomic mass is 31.1. The monoisotopic (exact) mass is 636 g/mol. The number of likely N-dealkylation sites (tertiary alicyclic amines) is 1. The highest BCUT2D eigenvalue weighted by Crippen LogP contribution is 2.33. The van der Waals surface area contributed by atoms with Gasteiger partial charge < -0.3 is 25.0 Å². The standard InChI is InChI=1S/C33H54N3O7P/c1-9-22(4)31(35(6)33(39)30(34)21(2)3)28(42-7)20-29(38)36-17-13-16-26(36)32(43-8)23(5)27(37)19-25(44(40)41)18-24-14-11-10-12-15-24/h10-12,14-15,21-23,25-26,28,30-32H,9,13,16-20,34H2,1-8H3/p+1/t22-,23-,25+,26-,28+,30-,31-,32+/m0/s1. The molecule has 1 aliphatic rings. The van der Waals surface area contributed by atoms with Crippen LogP contribution >= 0.6 is 8.03 Å². The molecular formula is C33H55N3O7P+. The van der Waals surface area contributed by atoms with Gasteiger partial charge in [-0.15, -0.1) is 0 Å². The first kappa shape index (κ1) is 38.0. The predicted octanol–water partition coefficient (Wildman–Crippen LogP) is 4.20. The van der Waals surface area contributed by atoms with Gasteiger partial charge in [0.15, 0.2) is 5.66 Å². The molecule has 2 rings (SSSR count). The van der Waals surface area contributed by atoms with Crippen molar-refractivity contribution in [3.63, 3.8) is 0 Å². The number of Topliss-reactive ketones (excluding diaryl/α,β-unsaturated/α-hetero) is 1. The molecule has 1 aromatic carbocycles. The Bertz CT molecular complexity index is 1090. The Balaban J connectivity index is 2.20. The van der Waals surface area contributed by atoms with E-state index < -0.39 is 37.9 Å². The molecule has 44 heavy (non-hydrogen) atoms. The summed E-state index contributed by atoms with van der Waals surface area (Å²) < 4.78 is 23.9. The van der Waals surface area contributed by atoms with E-state index >= 15 is 0 Å². The van der Waals surface area contributed by atoms with E-state index in [-0.39, 0.29) is 54.4 Å². The number of carbonyl (C=O) groups excluding carboxylic acids is 3. The normalized spacial score (nSPS) is 20.4. The zero-order valence-corrected chi connectivity index (χ0v) is 28.7. The molecule has 11 heteroatoms. The van der Waals surface area contributed by atoms with Crippen molar-refractivity contribution in [1.29, 1.82) is 0 Å². The first-order chi connectivity index (χ1) is 20.8. The molecule has 1 unspecified atom stereocenters. The maximum absolute atomic E-state index is 13.9. The predicted molar refractivity (Wildman–Crippen MR) is 172 cm³/mol. The maximum atomic E-state index is 13.9. The van der Waals surface area contributed by atoms with Crippen LogP contribution in [0.5, 0.6) is 0 Å². The largest absolute Gasteiger partial charge is 0.509 e. The molecule has 0 radical (unpaired) electrons. The van der Waals surface area contributed by atoms with Gasteiger partial charge >= 0.3 is 8.03 Å². The van der Waals surface area contributed by atoms with E-state index in [2.05, 4.69) is 0 Å². The average Bonchev–Trinajstić information content (AvgIpc) is 3.49. The van der Waals surface area contributed by atoms with Crippen molar-refractivity contribution in [2.45, 2.75) is 109 Å². The van der Waals surface area contributed by atoms with Gasteiger partial charge in [-0.3, -0.25) is 14.4 Å². The minimum Gasteiger partial charge on any atom is -0.379 e. The molecule has 248 valence electrons. The second-order valence-electron chi connectivity index (χ2n) is 12.7. The number of hydrogen-bond acceptors (Lipinski definition) is 7. The average molecular weight is 637 g/mol. The van der Waals surface area contributed by atoms with Gasteiger partial charge in [0, 0.05) is 40.2 Å². The topological polar surface area (TPSA) is 139 Å². The van der Waals surface area contributed by atoms with Gasteiger partial charge in [-0.05, 0) is 34.8 Å². The van der Waals surface area contributed by atoms with Crippen LogP contribution in [0.1, 0.15) is 72.3 Å². The van der Waals surface area contributed by atoms with E-state index in [0.717, 1.165) is 18.4 Å². The Morgan fingerprint density at radius 3 is 2.25 bits per heavy atom. The fraction of sp³-hybridized carbons (Fsp3) is 0.727. The molecule has 1 aliphatic heterocycles. The van der Waals surface area contributed by atoms with Gasteiger partial charge in [0.05, 0.1) is 43.2 Å². The number of ketones is 1. The van der Waals surface area contributed by atoms with Gasteiger partial charge in [0.1, 0.15) is 5.78 Å². The number of hydrogen-bond donors (Lipinski definition) is 2. The van der Waals surface area contributed by atoms with E-state index in [4.69, 9.17) is 15.2 Å². The van der Waals surface area contributed by atoms with Crippen molar-refractivity contribution in [2.75, 3.05) is 27.8 Å². The molecule has 0 spiro atoms. The van der Waals surface area contributed by atoms with Crippen LogP contribution < -0.4 is 5.73 Å². The minimum absolute atomic E-state index is 0.0298. The second kappa shape index (κ2) is 18.1. The van der Waals surface area contributed by atoms with Gasteiger partial charge in [0.2, 0.25) is 11.8 Å². The Morgan fingerprint density at radius 2 is 1.73 bits per heavy atom. The number of amides is 2. The molecule has 9 atom stereocenters. The van der Waals surface area contributed by atoms with Crippen LogP contribution in [-0.2, 0) is 34.8 Å². The molecule has 0 saturated carbocycles. The molecule has 2 amide bonds. The third-order valence-corrected chi connectivity index (χ3v) is 10.4. The summed E-state index contributed by atoms with van der Waals surface area (Å²) in [4.78, 5) is 54.0. The number of ether oxygens (including phenoxy) is 2. The molecule has 1 heterocycles. The number of nitrogens with zero attached hydrogens (tertiary/aromatic N) is 2. The molecule has 1 aromatic rings. The Hall–Kier alpha value is -2.23. The highest BCUT2D eigenvalue weighted by molar-refractivity contribution is 7.39. The maximum Gasteiger partial charge on any atom is 0.509 e. The van der Waals surface area contributed by atoms with Crippen molar-refractivity contribution < 1.29 is 33.3 Å². The summed E-state index contributed by atoms with van der Waals surface area (Å²) in [6.07, 6.45) is 1.46. The van der Waals surface area contributed by atoms with Gasteiger partial charge in [-0.25, -0.2) is 0 Å². The number of rotatable bonds is 18. The van der Waals surface area contributed by atoms with Crippen LogP contribution in [-0.4, -0.2) is 96.1 Å². The van der Waals surface area contributed by atoms with Crippen LogP contribution in [0.25, 0.3) is 0 Å². The fourth-order valence-corrected chi connectivity index (χ4v) is 7.10. The summed E-state index contributed by atoms with van der Waals surface area (Å²) in [7, 11) is 2.27. The van der Waals surface area contributed by atoms with Crippen LogP contribution in [0.4, 0.5) is 0 Å². The van der Waals surface area contributed by atoms with Crippen LogP contribution in [0.2, 0.25) is 0 Å². The third kappa shape index (κ3) is 9.88. The first-order valence-electron chi connectivity index (χ1n) is 15.9. The van der Waals surface area contributed by atoms with Gasteiger partial charge in [-0.2, -0.15) is 4.89 Å². The van der Waals surface area contributed by atoms with Crippen molar-refractivity contribution in [1.82, 2.24) is 9.80 Å². The lowest BCUT2D eigenvalue weighted by atomic mass is 9.88. The van der Waals surface area contributed by atoms with Crippen molar-refractivity contribution in [3.05, 3.63) is 35.9 Å². The summed E-state index contributed by atoms with van der Waals surface area (Å²) in [5, 5.41) is 0. The number of nitrogens with two attached hydrogens (primary N) is 1. The zero-order valence-electron chi connectivity index (χ0n) is 27.8. The van der Waals surface area contributed by atoms with E-state index in [0.29, 0.717) is 19.4 Å². The fourth-order valence-electron chi connectivity index (χ4n) is 6.39. The summed E-state index contributed by atoms with van der Waals surface area (Å²) in [6.45, 7) is 10.2. The van der Waals surface area contributed by atoms with Gasteiger partial charge in [0.25, 0.3) is 0 Å². The molecule has 0 aromatic heterocycles. The summed E-state index contributed by atoms with van der Waals surface area (Å²) in [6, 6.07) is 8.04.